The molecular formula is C11H18BrNO2S. The summed E-state index contributed by atoms with van der Waals surface area (Å²) in [5.41, 5.74) is -0.167. The summed E-state index contributed by atoms with van der Waals surface area (Å²) < 4.78 is 6.31. The van der Waals surface area contributed by atoms with Crippen LogP contribution in [0.1, 0.15) is 18.2 Å². The van der Waals surface area contributed by atoms with Crippen LogP contribution in [0.3, 0.4) is 0 Å². The molecular weight excluding hydrogens is 290 g/mol. The van der Waals surface area contributed by atoms with Gasteiger partial charge in [-0.25, -0.2) is 0 Å². The highest BCUT2D eigenvalue weighted by molar-refractivity contribution is 9.11. The number of ether oxygens (including phenoxy) is 1. The Labute approximate surface area is 109 Å². The fourth-order valence-corrected chi connectivity index (χ4v) is 2.95. The van der Waals surface area contributed by atoms with Crippen LogP contribution in [0.2, 0.25) is 0 Å². The van der Waals surface area contributed by atoms with Crippen molar-refractivity contribution in [2.75, 3.05) is 20.3 Å². The summed E-state index contributed by atoms with van der Waals surface area (Å²) in [6, 6.07) is 4.13. The van der Waals surface area contributed by atoms with E-state index < -0.39 is 0 Å². The third-order valence-corrected chi connectivity index (χ3v) is 4.07. The normalized spacial score (nSPS) is 15.0. The Morgan fingerprint density at radius 2 is 2.31 bits per heavy atom. The van der Waals surface area contributed by atoms with Crippen LogP contribution in [0.5, 0.6) is 0 Å². The average Bonchev–Trinajstić information content (AvgIpc) is 2.62. The number of hydrogen-bond donors (Lipinski definition) is 2. The summed E-state index contributed by atoms with van der Waals surface area (Å²) in [4.78, 5) is 1.27. The lowest BCUT2D eigenvalue weighted by Crippen LogP contribution is -2.46. The fraction of sp³-hybridized carbons (Fsp3) is 0.636. The van der Waals surface area contributed by atoms with E-state index in [1.807, 2.05) is 6.07 Å². The third kappa shape index (κ3) is 4.51. The van der Waals surface area contributed by atoms with Gasteiger partial charge in [-0.05, 0) is 41.4 Å². The SMILES string of the molecule is COCC(C)(CCO)NCc1ccc(Br)s1. The van der Waals surface area contributed by atoms with Gasteiger partial charge in [0.25, 0.3) is 0 Å². The third-order valence-electron chi connectivity index (χ3n) is 2.44. The van der Waals surface area contributed by atoms with Gasteiger partial charge in [0.15, 0.2) is 0 Å². The van der Waals surface area contributed by atoms with Gasteiger partial charge in [-0.1, -0.05) is 0 Å². The first-order valence-corrected chi connectivity index (χ1v) is 6.79. The standard InChI is InChI=1S/C11H18BrNO2S/c1-11(5-6-14,8-15-2)13-7-9-3-4-10(12)16-9/h3-4,13-14H,5-8H2,1-2H3. The van der Waals surface area contributed by atoms with Crippen LogP contribution in [0.4, 0.5) is 0 Å². The second-order valence-corrected chi connectivity index (χ2v) is 6.57. The molecule has 3 nitrogen and oxygen atoms in total. The number of thiophene rings is 1. The molecule has 0 aliphatic rings. The van der Waals surface area contributed by atoms with E-state index in [0.29, 0.717) is 13.0 Å². The molecule has 0 spiro atoms. The van der Waals surface area contributed by atoms with Gasteiger partial charge in [-0.3, -0.25) is 0 Å². The lowest BCUT2D eigenvalue weighted by molar-refractivity contribution is 0.0971. The zero-order valence-corrected chi connectivity index (χ0v) is 12.0. The van der Waals surface area contributed by atoms with E-state index in [9.17, 15) is 0 Å². The summed E-state index contributed by atoms with van der Waals surface area (Å²) in [6.45, 7) is 3.63. The topological polar surface area (TPSA) is 41.5 Å². The molecule has 1 aromatic heterocycles. The Morgan fingerprint density at radius 3 is 2.81 bits per heavy atom. The summed E-state index contributed by atoms with van der Waals surface area (Å²) in [6.07, 6.45) is 0.688. The van der Waals surface area contributed by atoms with E-state index in [2.05, 4.69) is 34.2 Å². The van der Waals surface area contributed by atoms with Crippen molar-refractivity contribution < 1.29 is 9.84 Å². The molecule has 0 bridgehead atoms. The molecule has 5 heteroatoms. The Bertz CT molecular complexity index is 311. The number of methoxy groups -OCH3 is 1. The summed E-state index contributed by atoms with van der Waals surface area (Å²) >= 11 is 5.16. The number of hydrogen-bond acceptors (Lipinski definition) is 4. The minimum atomic E-state index is -0.167. The molecule has 1 atom stereocenters. The van der Waals surface area contributed by atoms with Gasteiger partial charge in [0.05, 0.1) is 10.4 Å². The Kier molecular flexibility index (Phi) is 5.92. The smallest absolute Gasteiger partial charge is 0.0701 e. The van der Waals surface area contributed by atoms with Crippen molar-refractivity contribution in [1.82, 2.24) is 5.32 Å². The molecule has 0 fully saturated rings. The van der Waals surface area contributed by atoms with Gasteiger partial charge in [-0.2, -0.15) is 0 Å². The first-order valence-electron chi connectivity index (χ1n) is 5.19. The lowest BCUT2D eigenvalue weighted by Gasteiger charge is -2.29. The molecule has 1 rings (SSSR count). The predicted molar refractivity (Wildman–Crippen MR) is 70.8 cm³/mol. The highest BCUT2D eigenvalue weighted by atomic mass is 79.9. The highest BCUT2D eigenvalue weighted by Crippen LogP contribution is 2.22. The van der Waals surface area contributed by atoms with Crippen molar-refractivity contribution in [3.8, 4) is 0 Å². The average molecular weight is 308 g/mol. The van der Waals surface area contributed by atoms with Gasteiger partial charge in [0, 0.05) is 30.7 Å². The first-order chi connectivity index (χ1) is 7.59. The van der Waals surface area contributed by atoms with Crippen LogP contribution in [0.25, 0.3) is 0 Å². The van der Waals surface area contributed by atoms with E-state index in [-0.39, 0.29) is 12.1 Å². The Balaban J connectivity index is 2.49. The van der Waals surface area contributed by atoms with Crippen LogP contribution in [-0.4, -0.2) is 31.0 Å². The minimum Gasteiger partial charge on any atom is -0.396 e. The number of rotatable bonds is 7. The maximum absolute atomic E-state index is 9.03. The number of aliphatic hydroxyl groups is 1. The quantitative estimate of drug-likeness (QED) is 0.813. The van der Waals surface area contributed by atoms with Crippen molar-refractivity contribution in [2.45, 2.75) is 25.4 Å². The number of nitrogens with one attached hydrogen (secondary N) is 1. The van der Waals surface area contributed by atoms with E-state index in [4.69, 9.17) is 9.84 Å². The maximum atomic E-state index is 9.03. The molecule has 2 N–H and O–H groups in total. The Morgan fingerprint density at radius 1 is 1.56 bits per heavy atom. The van der Waals surface area contributed by atoms with E-state index in [1.165, 1.54) is 4.88 Å². The largest absolute Gasteiger partial charge is 0.396 e. The van der Waals surface area contributed by atoms with Gasteiger partial charge < -0.3 is 15.2 Å². The molecule has 0 aliphatic heterocycles. The molecule has 1 aromatic rings. The molecule has 0 radical (unpaired) electrons. The molecule has 92 valence electrons. The van der Waals surface area contributed by atoms with Gasteiger partial charge in [0.1, 0.15) is 0 Å². The van der Waals surface area contributed by atoms with Crippen LogP contribution >= 0.6 is 27.3 Å². The van der Waals surface area contributed by atoms with Crippen LogP contribution < -0.4 is 5.32 Å². The summed E-state index contributed by atoms with van der Waals surface area (Å²) in [5, 5.41) is 12.5. The molecule has 1 unspecified atom stereocenters. The minimum absolute atomic E-state index is 0.167. The Hall–Kier alpha value is 0.0600. The van der Waals surface area contributed by atoms with Crippen molar-refractivity contribution in [3.05, 3.63) is 20.8 Å². The van der Waals surface area contributed by atoms with Gasteiger partial charge >= 0.3 is 0 Å². The second-order valence-electron chi connectivity index (χ2n) is 4.03. The molecule has 0 amide bonds. The van der Waals surface area contributed by atoms with E-state index in [1.54, 1.807) is 18.4 Å². The fourth-order valence-electron chi connectivity index (χ4n) is 1.52. The maximum Gasteiger partial charge on any atom is 0.0701 e. The van der Waals surface area contributed by atoms with Crippen LogP contribution in [0, 0.1) is 0 Å². The highest BCUT2D eigenvalue weighted by Gasteiger charge is 2.22. The van der Waals surface area contributed by atoms with Crippen molar-refractivity contribution in [3.63, 3.8) is 0 Å². The number of aliphatic hydroxyl groups excluding tert-OH is 1. The molecule has 0 saturated heterocycles. The van der Waals surface area contributed by atoms with Crippen LogP contribution in [-0.2, 0) is 11.3 Å². The van der Waals surface area contributed by atoms with E-state index >= 15 is 0 Å². The zero-order chi connectivity index (χ0) is 12.0. The van der Waals surface area contributed by atoms with Gasteiger partial charge in [-0.15, -0.1) is 11.3 Å². The second kappa shape index (κ2) is 6.71. The molecule has 0 aliphatic carbocycles. The number of halogens is 1. The first kappa shape index (κ1) is 14.1. The van der Waals surface area contributed by atoms with Crippen molar-refractivity contribution in [1.29, 1.82) is 0 Å². The van der Waals surface area contributed by atoms with Crippen molar-refractivity contribution >= 4 is 27.3 Å². The van der Waals surface area contributed by atoms with Crippen molar-refractivity contribution in [2.24, 2.45) is 0 Å². The molecule has 0 aromatic carbocycles. The molecule has 0 saturated carbocycles. The molecule has 1 heterocycles. The predicted octanol–water partition coefficient (Wildman–Crippen LogP) is 2.39. The zero-order valence-electron chi connectivity index (χ0n) is 9.62. The summed E-state index contributed by atoms with van der Waals surface area (Å²) in [7, 11) is 1.68. The monoisotopic (exact) mass is 307 g/mol. The molecule has 16 heavy (non-hydrogen) atoms. The van der Waals surface area contributed by atoms with Crippen LogP contribution in [0.15, 0.2) is 15.9 Å². The lowest BCUT2D eigenvalue weighted by atomic mass is 9.99. The summed E-state index contributed by atoms with van der Waals surface area (Å²) in [5.74, 6) is 0. The van der Waals surface area contributed by atoms with E-state index in [0.717, 1.165) is 10.3 Å². The van der Waals surface area contributed by atoms with Gasteiger partial charge in [0.2, 0.25) is 0 Å².